The first-order valence-corrected chi connectivity index (χ1v) is 15.1. The highest BCUT2D eigenvalue weighted by molar-refractivity contribution is 7.98. The minimum Gasteiger partial charge on any atom is -0.461 e. The Bertz CT molecular complexity index is 972. The van der Waals surface area contributed by atoms with Gasteiger partial charge in [-0.2, -0.15) is 24.4 Å². The van der Waals surface area contributed by atoms with E-state index in [0.717, 1.165) is 42.1 Å². The molecule has 1 aliphatic rings. The molecule has 8 heteroatoms. The molecule has 1 amide bonds. The predicted octanol–water partition coefficient (Wildman–Crippen LogP) is 5.18. The minimum atomic E-state index is -0.687. The first-order chi connectivity index (χ1) is 17.9. The highest BCUT2D eigenvalue weighted by atomic mass is 32.2. The summed E-state index contributed by atoms with van der Waals surface area (Å²) in [6.07, 6.45) is 3.89. The molecule has 2 aromatic carbocycles. The molecular weight excluding hydrogens is 502 g/mol. The summed E-state index contributed by atoms with van der Waals surface area (Å²) in [5, 5.41) is 10.2. The van der Waals surface area contributed by atoms with E-state index in [-0.39, 0.29) is 12.0 Å². The molecule has 204 valence electrons. The Morgan fingerprint density at radius 1 is 1.16 bits per heavy atom. The summed E-state index contributed by atoms with van der Waals surface area (Å²) >= 11 is 6.18. The van der Waals surface area contributed by atoms with Gasteiger partial charge in [-0.05, 0) is 68.4 Å². The number of hydrogen-bond donors (Lipinski definition) is 4. The highest BCUT2D eigenvalue weighted by Crippen LogP contribution is 2.21. The Hall–Kier alpha value is -2.16. The van der Waals surface area contributed by atoms with Crippen LogP contribution in [0.5, 0.6) is 0 Å². The van der Waals surface area contributed by atoms with E-state index in [2.05, 4.69) is 40.7 Å². The highest BCUT2D eigenvalue weighted by Gasteiger charge is 2.25. The fourth-order valence-electron chi connectivity index (χ4n) is 4.10. The molecule has 0 radical (unpaired) electrons. The number of carbonyl (C=O) groups excluding carboxylic acids is 2. The van der Waals surface area contributed by atoms with E-state index >= 15 is 0 Å². The topological polar surface area (TPSA) is 79.5 Å². The molecule has 0 aliphatic carbocycles. The second-order valence-corrected chi connectivity index (χ2v) is 10.9. The molecule has 1 fully saturated rings. The molecule has 1 saturated heterocycles. The summed E-state index contributed by atoms with van der Waals surface area (Å²) < 4.78 is 5.41. The summed E-state index contributed by atoms with van der Waals surface area (Å²) in [5.74, 6) is 0.0904. The molecule has 3 atom stereocenters. The van der Waals surface area contributed by atoms with Crippen LogP contribution in [0.4, 0.5) is 5.69 Å². The SMILES string of the molecule is CC.CSCCC(NC(=O)c1cc(NC[C@@H]2CC(S)CN2)ccc1Cc1ccccc1)C(=O)OC(C)C. The van der Waals surface area contributed by atoms with Gasteiger partial charge in [0.1, 0.15) is 6.04 Å². The number of thiol groups is 1. The van der Waals surface area contributed by atoms with Crippen molar-refractivity contribution in [2.75, 3.05) is 30.4 Å². The fourth-order valence-corrected chi connectivity index (χ4v) is 4.93. The molecule has 0 aromatic heterocycles. The number of rotatable bonds is 12. The number of thioether (sulfide) groups is 1. The maximum Gasteiger partial charge on any atom is 0.328 e. The molecule has 0 spiro atoms. The van der Waals surface area contributed by atoms with Crippen molar-refractivity contribution in [2.24, 2.45) is 0 Å². The summed E-state index contributed by atoms with van der Waals surface area (Å²) in [5.41, 5.74) is 3.48. The third-order valence-electron chi connectivity index (χ3n) is 5.90. The molecule has 1 aliphatic heterocycles. The third kappa shape index (κ3) is 10.6. The Labute approximate surface area is 232 Å². The van der Waals surface area contributed by atoms with Crippen LogP contribution < -0.4 is 16.0 Å². The van der Waals surface area contributed by atoms with Crippen molar-refractivity contribution in [3.8, 4) is 0 Å². The van der Waals surface area contributed by atoms with Crippen LogP contribution >= 0.6 is 24.4 Å². The zero-order valence-corrected chi connectivity index (χ0v) is 24.5. The van der Waals surface area contributed by atoms with Crippen LogP contribution in [-0.2, 0) is 16.0 Å². The zero-order chi connectivity index (χ0) is 27.2. The number of benzene rings is 2. The lowest BCUT2D eigenvalue weighted by molar-refractivity contribution is -0.149. The number of esters is 1. The standard InChI is InChI=1S/C27H37N3O3S2.C2H6/c1-18(2)33-27(32)25(11-12-35-3)30-26(31)24-15-21(28-16-22-14-23(34)17-29-22)10-9-20(24)13-19-7-5-4-6-8-19;1-2/h4-10,15,18,22-23,25,28-29,34H,11-14,16-17H2,1-3H3,(H,30,31);1-2H3/t22-,23?,25?;/m0./s1. The predicted molar refractivity (Wildman–Crippen MR) is 160 cm³/mol. The Kier molecular flexibility index (Phi) is 14.0. The zero-order valence-electron chi connectivity index (χ0n) is 22.8. The molecule has 3 N–H and O–H groups in total. The molecule has 3 rings (SSSR count). The van der Waals surface area contributed by atoms with Crippen molar-refractivity contribution in [2.45, 2.75) is 70.4 Å². The van der Waals surface area contributed by atoms with Gasteiger partial charge in [-0.15, -0.1) is 0 Å². The second kappa shape index (κ2) is 16.6. The number of anilines is 1. The third-order valence-corrected chi connectivity index (χ3v) is 6.93. The van der Waals surface area contributed by atoms with E-state index in [9.17, 15) is 9.59 Å². The van der Waals surface area contributed by atoms with Gasteiger partial charge < -0.3 is 20.7 Å². The molecule has 1 heterocycles. The summed E-state index contributed by atoms with van der Waals surface area (Å²) in [4.78, 5) is 26.2. The molecule has 37 heavy (non-hydrogen) atoms. The maximum absolute atomic E-state index is 13.5. The summed E-state index contributed by atoms with van der Waals surface area (Å²) in [6.45, 7) is 9.29. The van der Waals surface area contributed by atoms with E-state index in [1.165, 1.54) is 0 Å². The lowest BCUT2D eigenvalue weighted by atomic mass is 9.98. The van der Waals surface area contributed by atoms with Crippen LogP contribution in [0.2, 0.25) is 0 Å². The molecule has 0 saturated carbocycles. The monoisotopic (exact) mass is 545 g/mol. The van der Waals surface area contributed by atoms with Crippen molar-refractivity contribution in [3.63, 3.8) is 0 Å². The molecule has 6 nitrogen and oxygen atoms in total. The van der Waals surface area contributed by atoms with Crippen molar-refractivity contribution >= 4 is 42.0 Å². The number of amides is 1. The normalized spacial score (nSPS) is 17.5. The first-order valence-electron chi connectivity index (χ1n) is 13.2. The summed E-state index contributed by atoms with van der Waals surface area (Å²) in [6, 6.07) is 15.6. The average molecular weight is 546 g/mol. The lowest BCUT2D eigenvalue weighted by Crippen LogP contribution is -2.43. The van der Waals surface area contributed by atoms with Gasteiger partial charge in [0.15, 0.2) is 0 Å². The van der Waals surface area contributed by atoms with Gasteiger partial charge in [-0.3, -0.25) is 4.79 Å². The van der Waals surface area contributed by atoms with E-state index in [1.807, 2.05) is 70.3 Å². The van der Waals surface area contributed by atoms with Crippen molar-refractivity contribution < 1.29 is 14.3 Å². The lowest BCUT2D eigenvalue weighted by Gasteiger charge is -2.20. The molecule has 2 unspecified atom stereocenters. The second-order valence-electron chi connectivity index (χ2n) is 9.20. The van der Waals surface area contributed by atoms with Crippen molar-refractivity contribution in [3.05, 3.63) is 65.2 Å². The quantitative estimate of drug-likeness (QED) is 0.218. The van der Waals surface area contributed by atoms with Crippen LogP contribution in [0.1, 0.15) is 62.0 Å². The van der Waals surface area contributed by atoms with Gasteiger partial charge in [0.2, 0.25) is 0 Å². The van der Waals surface area contributed by atoms with Crippen LogP contribution in [0.3, 0.4) is 0 Å². The average Bonchev–Trinajstić information content (AvgIpc) is 3.32. The Morgan fingerprint density at radius 2 is 1.89 bits per heavy atom. The van der Waals surface area contributed by atoms with Crippen LogP contribution in [-0.4, -0.2) is 60.4 Å². The van der Waals surface area contributed by atoms with E-state index in [0.29, 0.717) is 29.7 Å². The van der Waals surface area contributed by atoms with Crippen molar-refractivity contribution in [1.82, 2.24) is 10.6 Å². The molecular formula is C29H43N3O3S2. The van der Waals surface area contributed by atoms with Gasteiger partial charge in [0.25, 0.3) is 5.91 Å². The number of hydrogen-bond acceptors (Lipinski definition) is 7. The number of carbonyl (C=O) groups is 2. The van der Waals surface area contributed by atoms with Gasteiger partial charge in [0.05, 0.1) is 6.10 Å². The minimum absolute atomic E-state index is 0.238. The first kappa shape index (κ1) is 31.1. The Balaban J connectivity index is 0.00000235. The molecule has 2 aromatic rings. The van der Waals surface area contributed by atoms with E-state index in [4.69, 9.17) is 4.74 Å². The molecule has 0 bridgehead atoms. The number of ether oxygens (including phenoxy) is 1. The van der Waals surface area contributed by atoms with Gasteiger partial charge in [0, 0.05) is 35.6 Å². The van der Waals surface area contributed by atoms with E-state index in [1.54, 1.807) is 11.8 Å². The van der Waals surface area contributed by atoms with Crippen LogP contribution in [0, 0.1) is 0 Å². The van der Waals surface area contributed by atoms with Crippen molar-refractivity contribution in [1.29, 1.82) is 0 Å². The van der Waals surface area contributed by atoms with Gasteiger partial charge >= 0.3 is 5.97 Å². The van der Waals surface area contributed by atoms with E-state index < -0.39 is 12.0 Å². The van der Waals surface area contributed by atoms with Crippen LogP contribution in [0.15, 0.2) is 48.5 Å². The smallest absolute Gasteiger partial charge is 0.328 e. The van der Waals surface area contributed by atoms with Gasteiger partial charge in [-0.1, -0.05) is 50.2 Å². The van der Waals surface area contributed by atoms with Crippen LogP contribution in [0.25, 0.3) is 0 Å². The largest absolute Gasteiger partial charge is 0.461 e. The number of nitrogens with one attached hydrogen (secondary N) is 3. The Morgan fingerprint density at radius 3 is 2.51 bits per heavy atom. The fraction of sp³-hybridized carbons (Fsp3) is 0.517. The summed E-state index contributed by atoms with van der Waals surface area (Å²) in [7, 11) is 0. The van der Waals surface area contributed by atoms with Gasteiger partial charge in [-0.25, -0.2) is 4.79 Å². The maximum atomic E-state index is 13.5.